The van der Waals surface area contributed by atoms with E-state index in [-0.39, 0.29) is 18.6 Å². The Bertz CT molecular complexity index is 978. The van der Waals surface area contributed by atoms with Gasteiger partial charge in [0.2, 0.25) is 0 Å². The first kappa shape index (κ1) is 19.4. The highest BCUT2D eigenvalue weighted by Crippen LogP contribution is 2.36. The van der Waals surface area contributed by atoms with Crippen LogP contribution in [0.2, 0.25) is 0 Å². The number of carbonyl (C=O) groups is 1. The summed E-state index contributed by atoms with van der Waals surface area (Å²) in [7, 11) is 3.14. The third-order valence-corrected chi connectivity index (χ3v) is 4.43. The van der Waals surface area contributed by atoms with Gasteiger partial charge >= 0.3 is 6.03 Å². The van der Waals surface area contributed by atoms with Gasteiger partial charge < -0.3 is 25.8 Å². The Kier molecular flexibility index (Phi) is 5.90. The number of ether oxygens (including phenoxy) is 2. The topological polar surface area (TPSA) is 111 Å². The van der Waals surface area contributed by atoms with E-state index in [0.29, 0.717) is 22.9 Å². The minimum absolute atomic E-state index is 0.208. The van der Waals surface area contributed by atoms with Crippen LogP contribution in [-0.4, -0.2) is 30.2 Å². The van der Waals surface area contributed by atoms with Gasteiger partial charge in [-0.25, -0.2) is 4.79 Å². The van der Waals surface area contributed by atoms with E-state index < -0.39 is 0 Å². The van der Waals surface area contributed by atoms with Gasteiger partial charge in [-0.15, -0.1) is 0 Å². The zero-order chi connectivity index (χ0) is 20.1. The zero-order valence-corrected chi connectivity index (χ0v) is 16.0. The van der Waals surface area contributed by atoms with Gasteiger partial charge in [-0.1, -0.05) is 6.07 Å². The summed E-state index contributed by atoms with van der Waals surface area (Å²) < 4.78 is 10.8. The van der Waals surface area contributed by atoms with Crippen LogP contribution in [0.5, 0.6) is 11.5 Å². The number of pyridine rings is 2. The van der Waals surface area contributed by atoms with Gasteiger partial charge in [-0.05, 0) is 24.6 Å². The second-order valence-electron chi connectivity index (χ2n) is 6.18. The molecule has 2 aromatic heterocycles. The summed E-state index contributed by atoms with van der Waals surface area (Å²) in [6, 6.07) is 6.74. The summed E-state index contributed by atoms with van der Waals surface area (Å²) in [6.45, 7) is 2.13. The van der Waals surface area contributed by atoms with Crippen LogP contribution in [0.15, 0.2) is 42.9 Å². The number of nitrogens with zero attached hydrogens (tertiary/aromatic N) is 2. The second kappa shape index (κ2) is 8.53. The second-order valence-corrected chi connectivity index (χ2v) is 6.18. The molecule has 0 bridgehead atoms. The number of hydrogen-bond donors (Lipinski definition) is 3. The molecule has 28 heavy (non-hydrogen) atoms. The van der Waals surface area contributed by atoms with Crippen molar-refractivity contribution in [1.82, 2.24) is 15.3 Å². The van der Waals surface area contributed by atoms with Crippen molar-refractivity contribution in [2.24, 2.45) is 5.73 Å². The van der Waals surface area contributed by atoms with Crippen LogP contribution in [0.1, 0.15) is 24.2 Å². The standard InChI is InChI=1S/C20H23N5O3/c1-12(13-5-4-6-22-10-13)24-20(26)25-17-11-23-16(9-21)19-15(17)7-14(27-2)8-18(19)28-3/h4-8,10-12H,9,21H2,1-3H3,(H2,24,25,26). The maximum absolute atomic E-state index is 12.5. The van der Waals surface area contributed by atoms with Crippen LogP contribution in [-0.2, 0) is 6.54 Å². The number of anilines is 1. The van der Waals surface area contributed by atoms with Crippen molar-refractivity contribution in [3.05, 3.63) is 54.1 Å². The van der Waals surface area contributed by atoms with Crippen molar-refractivity contribution in [1.29, 1.82) is 0 Å². The number of rotatable bonds is 6. The summed E-state index contributed by atoms with van der Waals surface area (Å²) in [6.07, 6.45) is 4.99. The number of aromatic nitrogens is 2. The molecule has 2 amide bonds. The fraction of sp³-hybridized carbons (Fsp3) is 0.250. The molecule has 8 nitrogen and oxygen atoms in total. The Hall–Kier alpha value is -3.39. The third kappa shape index (κ3) is 3.96. The molecule has 0 saturated carbocycles. The molecule has 0 aliphatic carbocycles. The number of hydrogen-bond acceptors (Lipinski definition) is 6. The lowest BCUT2D eigenvalue weighted by Gasteiger charge is -2.17. The number of urea groups is 1. The van der Waals surface area contributed by atoms with Crippen molar-refractivity contribution < 1.29 is 14.3 Å². The number of amides is 2. The van der Waals surface area contributed by atoms with E-state index in [4.69, 9.17) is 15.2 Å². The van der Waals surface area contributed by atoms with Crippen molar-refractivity contribution >= 4 is 22.5 Å². The molecule has 2 heterocycles. The van der Waals surface area contributed by atoms with Crippen molar-refractivity contribution in [3.63, 3.8) is 0 Å². The van der Waals surface area contributed by atoms with Crippen molar-refractivity contribution in [2.75, 3.05) is 19.5 Å². The molecule has 1 unspecified atom stereocenters. The molecular formula is C20H23N5O3. The van der Waals surface area contributed by atoms with Crippen LogP contribution < -0.4 is 25.8 Å². The van der Waals surface area contributed by atoms with Gasteiger partial charge in [0.05, 0.1) is 37.8 Å². The Balaban J connectivity index is 1.93. The van der Waals surface area contributed by atoms with Gasteiger partial charge in [-0.3, -0.25) is 9.97 Å². The highest BCUT2D eigenvalue weighted by Gasteiger charge is 2.16. The Morgan fingerprint density at radius 3 is 2.71 bits per heavy atom. The van der Waals surface area contributed by atoms with E-state index in [1.165, 1.54) is 0 Å². The summed E-state index contributed by atoms with van der Waals surface area (Å²) in [4.78, 5) is 21.0. The zero-order valence-electron chi connectivity index (χ0n) is 16.0. The number of carbonyl (C=O) groups excluding carboxylic acids is 1. The largest absolute Gasteiger partial charge is 0.497 e. The number of nitrogens with two attached hydrogens (primary N) is 1. The van der Waals surface area contributed by atoms with E-state index >= 15 is 0 Å². The molecule has 4 N–H and O–H groups in total. The lowest BCUT2D eigenvalue weighted by molar-refractivity contribution is 0.249. The molecule has 146 valence electrons. The fourth-order valence-corrected chi connectivity index (χ4v) is 2.98. The molecule has 0 fully saturated rings. The van der Waals surface area contributed by atoms with Crippen molar-refractivity contribution in [2.45, 2.75) is 19.5 Å². The normalized spacial score (nSPS) is 11.7. The number of fused-ring (bicyclic) bond motifs is 1. The molecule has 3 aromatic rings. The molecule has 1 atom stereocenters. The van der Waals surface area contributed by atoms with Crippen LogP contribution in [0.4, 0.5) is 10.5 Å². The van der Waals surface area contributed by atoms with Crippen LogP contribution in [0.25, 0.3) is 10.8 Å². The summed E-state index contributed by atoms with van der Waals surface area (Å²) in [5.74, 6) is 1.18. The van der Waals surface area contributed by atoms with E-state index in [1.807, 2.05) is 25.1 Å². The summed E-state index contributed by atoms with van der Waals surface area (Å²) in [5, 5.41) is 7.22. The molecule has 3 rings (SSSR count). The quantitative estimate of drug-likeness (QED) is 0.605. The van der Waals surface area contributed by atoms with Crippen LogP contribution in [0.3, 0.4) is 0 Å². The van der Waals surface area contributed by atoms with E-state index in [9.17, 15) is 4.79 Å². The lowest BCUT2D eigenvalue weighted by Crippen LogP contribution is -2.31. The van der Waals surface area contributed by atoms with E-state index in [1.54, 1.807) is 38.9 Å². The molecular weight excluding hydrogens is 358 g/mol. The van der Waals surface area contributed by atoms with Crippen molar-refractivity contribution in [3.8, 4) is 11.5 Å². The Morgan fingerprint density at radius 1 is 1.25 bits per heavy atom. The lowest BCUT2D eigenvalue weighted by atomic mass is 10.1. The number of methoxy groups -OCH3 is 2. The molecule has 0 aliphatic rings. The first-order valence-electron chi connectivity index (χ1n) is 8.78. The molecule has 0 aliphatic heterocycles. The van der Waals surface area contributed by atoms with Crippen LogP contribution in [0, 0.1) is 0 Å². The maximum atomic E-state index is 12.5. The molecule has 0 radical (unpaired) electrons. The molecule has 0 saturated heterocycles. The summed E-state index contributed by atoms with van der Waals surface area (Å²) in [5.41, 5.74) is 7.94. The fourth-order valence-electron chi connectivity index (χ4n) is 2.98. The highest BCUT2D eigenvalue weighted by molar-refractivity contribution is 6.05. The minimum atomic E-state index is -0.360. The average Bonchev–Trinajstić information content (AvgIpc) is 2.73. The smallest absolute Gasteiger partial charge is 0.319 e. The minimum Gasteiger partial charge on any atom is -0.497 e. The average molecular weight is 381 g/mol. The first-order chi connectivity index (χ1) is 13.6. The molecule has 1 aromatic carbocycles. The van der Waals surface area contributed by atoms with Gasteiger partial charge in [0.25, 0.3) is 0 Å². The third-order valence-electron chi connectivity index (χ3n) is 4.43. The highest BCUT2D eigenvalue weighted by atomic mass is 16.5. The number of nitrogens with one attached hydrogen (secondary N) is 2. The van der Waals surface area contributed by atoms with Gasteiger partial charge in [0, 0.05) is 35.8 Å². The summed E-state index contributed by atoms with van der Waals surface area (Å²) >= 11 is 0. The van der Waals surface area contributed by atoms with Gasteiger partial charge in [-0.2, -0.15) is 0 Å². The monoisotopic (exact) mass is 381 g/mol. The first-order valence-corrected chi connectivity index (χ1v) is 8.78. The van der Waals surface area contributed by atoms with Gasteiger partial charge in [0.1, 0.15) is 11.5 Å². The van der Waals surface area contributed by atoms with E-state index in [0.717, 1.165) is 16.3 Å². The predicted molar refractivity (Wildman–Crippen MR) is 108 cm³/mol. The van der Waals surface area contributed by atoms with E-state index in [2.05, 4.69) is 20.6 Å². The SMILES string of the molecule is COc1cc(OC)c2c(CN)ncc(NC(=O)NC(C)c3cccnc3)c2c1. The molecule has 8 heteroatoms. The maximum Gasteiger partial charge on any atom is 0.319 e. The van der Waals surface area contributed by atoms with Gasteiger partial charge in [0.15, 0.2) is 0 Å². The molecule has 0 spiro atoms. The predicted octanol–water partition coefficient (Wildman–Crippen LogP) is 2.99. The Morgan fingerprint density at radius 2 is 2.07 bits per heavy atom. The Labute approximate surface area is 163 Å². The number of benzene rings is 1. The van der Waals surface area contributed by atoms with Crippen LogP contribution >= 0.6 is 0 Å².